The highest BCUT2D eigenvalue weighted by atomic mass is 19.2. The first-order chi connectivity index (χ1) is 9.61. The summed E-state index contributed by atoms with van der Waals surface area (Å²) in [6.45, 7) is 1.90. The molecule has 1 heterocycles. The van der Waals surface area contributed by atoms with E-state index >= 15 is 0 Å². The highest BCUT2D eigenvalue weighted by molar-refractivity contribution is 5.79. The maximum atomic E-state index is 13.5. The van der Waals surface area contributed by atoms with Crippen LogP contribution in [0.15, 0.2) is 30.6 Å². The third-order valence-electron chi connectivity index (χ3n) is 2.98. The molecule has 0 bridgehead atoms. The molecule has 2 N–H and O–H groups in total. The second-order valence-electron chi connectivity index (χ2n) is 4.39. The Morgan fingerprint density at radius 1 is 1.45 bits per heavy atom. The molecule has 4 nitrogen and oxygen atoms in total. The number of imidazole rings is 1. The smallest absolute Gasteiger partial charge is 0.225 e. The molecule has 20 heavy (non-hydrogen) atoms. The molecule has 1 aromatic heterocycles. The number of aromatic nitrogens is 2. The Bertz CT molecular complexity index is 584. The Labute approximate surface area is 115 Å². The van der Waals surface area contributed by atoms with Gasteiger partial charge in [-0.25, -0.2) is 13.8 Å². The van der Waals surface area contributed by atoms with Crippen LogP contribution in [0.5, 0.6) is 0 Å². The van der Waals surface area contributed by atoms with Crippen molar-refractivity contribution in [3.63, 3.8) is 0 Å². The minimum Gasteiger partial charge on any atom is -0.347 e. The standard InChI is InChI=1S/C14H15F2N3O/c1-2-11(14-17-6-7-18-14)19-12(20)8-9-4-3-5-10(15)13(9)16/h3-7,11H,2,8H2,1H3,(H,17,18)(H,19,20). The number of halogens is 2. The number of carbonyl (C=O) groups excluding carboxylic acids is 1. The minimum atomic E-state index is -0.978. The molecule has 106 valence electrons. The molecular formula is C14H15F2N3O. The van der Waals surface area contributed by atoms with E-state index in [0.29, 0.717) is 12.2 Å². The van der Waals surface area contributed by atoms with Gasteiger partial charge in [0.2, 0.25) is 5.91 Å². The van der Waals surface area contributed by atoms with E-state index in [1.54, 1.807) is 12.4 Å². The van der Waals surface area contributed by atoms with Gasteiger partial charge in [-0.05, 0) is 12.5 Å². The topological polar surface area (TPSA) is 57.8 Å². The molecule has 0 saturated heterocycles. The number of benzene rings is 1. The fourth-order valence-electron chi connectivity index (χ4n) is 1.94. The van der Waals surface area contributed by atoms with Gasteiger partial charge >= 0.3 is 0 Å². The monoisotopic (exact) mass is 279 g/mol. The van der Waals surface area contributed by atoms with Crippen molar-refractivity contribution in [2.24, 2.45) is 0 Å². The number of nitrogens with one attached hydrogen (secondary N) is 2. The highest BCUT2D eigenvalue weighted by Crippen LogP contribution is 2.14. The number of hydrogen-bond acceptors (Lipinski definition) is 2. The number of aromatic amines is 1. The molecule has 0 spiro atoms. The minimum absolute atomic E-state index is 0.0387. The van der Waals surface area contributed by atoms with Gasteiger partial charge in [-0.1, -0.05) is 19.1 Å². The summed E-state index contributed by atoms with van der Waals surface area (Å²) in [4.78, 5) is 18.9. The van der Waals surface area contributed by atoms with Crippen LogP contribution in [-0.2, 0) is 11.2 Å². The number of hydrogen-bond donors (Lipinski definition) is 2. The van der Waals surface area contributed by atoms with Crippen molar-refractivity contribution in [2.75, 3.05) is 0 Å². The molecule has 0 fully saturated rings. The molecule has 0 aliphatic carbocycles. The Balaban J connectivity index is 2.03. The van der Waals surface area contributed by atoms with Crippen LogP contribution >= 0.6 is 0 Å². The van der Waals surface area contributed by atoms with Gasteiger partial charge in [0.25, 0.3) is 0 Å². The Morgan fingerprint density at radius 3 is 2.90 bits per heavy atom. The van der Waals surface area contributed by atoms with Crippen LogP contribution in [0.25, 0.3) is 0 Å². The first kappa shape index (κ1) is 14.2. The summed E-state index contributed by atoms with van der Waals surface area (Å²) in [5, 5.41) is 2.74. The van der Waals surface area contributed by atoms with E-state index in [9.17, 15) is 13.6 Å². The fourth-order valence-corrected chi connectivity index (χ4v) is 1.94. The maximum Gasteiger partial charge on any atom is 0.225 e. The summed E-state index contributed by atoms with van der Waals surface area (Å²) in [5.41, 5.74) is 0.0387. The molecule has 1 atom stereocenters. The molecule has 2 rings (SSSR count). The zero-order valence-electron chi connectivity index (χ0n) is 11.0. The molecule has 0 aliphatic rings. The van der Waals surface area contributed by atoms with Gasteiger partial charge in [0.1, 0.15) is 5.82 Å². The molecule has 0 saturated carbocycles. The van der Waals surface area contributed by atoms with Crippen LogP contribution in [0.4, 0.5) is 8.78 Å². The van der Waals surface area contributed by atoms with Gasteiger partial charge in [-0.3, -0.25) is 4.79 Å². The van der Waals surface area contributed by atoms with Crippen molar-refractivity contribution in [1.82, 2.24) is 15.3 Å². The lowest BCUT2D eigenvalue weighted by Crippen LogP contribution is -2.30. The molecule has 0 radical (unpaired) electrons. The van der Waals surface area contributed by atoms with Crippen LogP contribution in [0.2, 0.25) is 0 Å². The summed E-state index contributed by atoms with van der Waals surface area (Å²) < 4.78 is 26.5. The number of carbonyl (C=O) groups is 1. The van der Waals surface area contributed by atoms with E-state index < -0.39 is 11.6 Å². The summed E-state index contributed by atoms with van der Waals surface area (Å²) in [6, 6.07) is 3.53. The lowest BCUT2D eigenvalue weighted by Gasteiger charge is -2.14. The van der Waals surface area contributed by atoms with Crippen molar-refractivity contribution in [3.05, 3.63) is 53.6 Å². The molecule has 6 heteroatoms. The predicted octanol–water partition coefficient (Wildman–Crippen LogP) is 2.50. The van der Waals surface area contributed by atoms with E-state index in [0.717, 1.165) is 6.07 Å². The van der Waals surface area contributed by atoms with Gasteiger partial charge in [-0.2, -0.15) is 0 Å². The third kappa shape index (κ3) is 3.20. The molecule has 2 aromatic rings. The molecule has 1 unspecified atom stereocenters. The van der Waals surface area contributed by atoms with Crippen molar-refractivity contribution in [2.45, 2.75) is 25.8 Å². The quantitative estimate of drug-likeness (QED) is 0.883. The van der Waals surface area contributed by atoms with Crippen molar-refractivity contribution in [1.29, 1.82) is 0 Å². The first-order valence-electron chi connectivity index (χ1n) is 6.33. The van der Waals surface area contributed by atoms with Crippen LogP contribution < -0.4 is 5.32 Å². The van der Waals surface area contributed by atoms with Crippen LogP contribution in [0, 0.1) is 11.6 Å². The van der Waals surface area contributed by atoms with E-state index in [1.807, 2.05) is 6.92 Å². The Morgan fingerprint density at radius 2 is 2.25 bits per heavy atom. The Kier molecular flexibility index (Phi) is 4.45. The Hall–Kier alpha value is -2.24. The zero-order chi connectivity index (χ0) is 14.5. The highest BCUT2D eigenvalue weighted by Gasteiger charge is 2.17. The zero-order valence-corrected chi connectivity index (χ0v) is 11.0. The van der Waals surface area contributed by atoms with Gasteiger partial charge in [0.15, 0.2) is 11.6 Å². The number of rotatable bonds is 5. The second kappa shape index (κ2) is 6.27. The van der Waals surface area contributed by atoms with Crippen LogP contribution in [0.1, 0.15) is 30.8 Å². The van der Waals surface area contributed by atoms with Crippen molar-refractivity contribution >= 4 is 5.91 Å². The van der Waals surface area contributed by atoms with Crippen LogP contribution in [0.3, 0.4) is 0 Å². The molecular weight excluding hydrogens is 264 g/mol. The van der Waals surface area contributed by atoms with E-state index in [2.05, 4.69) is 15.3 Å². The third-order valence-corrected chi connectivity index (χ3v) is 2.98. The van der Waals surface area contributed by atoms with Crippen molar-refractivity contribution in [3.8, 4) is 0 Å². The van der Waals surface area contributed by atoms with Gasteiger partial charge < -0.3 is 10.3 Å². The van der Waals surface area contributed by atoms with E-state index in [1.165, 1.54) is 12.1 Å². The normalized spacial score (nSPS) is 12.2. The maximum absolute atomic E-state index is 13.5. The molecule has 0 aliphatic heterocycles. The van der Waals surface area contributed by atoms with Crippen molar-refractivity contribution < 1.29 is 13.6 Å². The predicted molar refractivity (Wildman–Crippen MR) is 69.8 cm³/mol. The van der Waals surface area contributed by atoms with E-state index in [-0.39, 0.29) is 23.9 Å². The van der Waals surface area contributed by atoms with Gasteiger partial charge in [0, 0.05) is 18.0 Å². The summed E-state index contributed by atoms with van der Waals surface area (Å²) in [7, 11) is 0. The fraction of sp³-hybridized carbons (Fsp3) is 0.286. The first-order valence-corrected chi connectivity index (χ1v) is 6.33. The average Bonchev–Trinajstić information content (AvgIpc) is 2.95. The summed E-state index contributed by atoms with van der Waals surface area (Å²) in [6.07, 6.45) is 3.69. The average molecular weight is 279 g/mol. The lowest BCUT2D eigenvalue weighted by atomic mass is 10.1. The largest absolute Gasteiger partial charge is 0.347 e. The summed E-state index contributed by atoms with van der Waals surface area (Å²) >= 11 is 0. The van der Waals surface area contributed by atoms with Gasteiger partial charge in [-0.15, -0.1) is 0 Å². The second-order valence-corrected chi connectivity index (χ2v) is 4.39. The lowest BCUT2D eigenvalue weighted by molar-refractivity contribution is -0.121. The van der Waals surface area contributed by atoms with Gasteiger partial charge in [0.05, 0.1) is 12.5 Å². The SMILES string of the molecule is CCC(NC(=O)Cc1cccc(F)c1F)c1ncc[nH]1. The molecule has 1 amide bonds. The molecule has 1 aromatic carbocycles. The number of H-pyrrole nitrogens is 1. The summed E-state index contributed by atoms with van der Waals surface area (Å²) in [5.74, 6) is -1.67. The number of nitrogens with zero attached hydrogens (tertiary/aromatic N) is 1. The van der Waals surface area contributed by atoms with E-state index in [4.69, 9.17) is 0 Å². The van der Waals surface area contributed by atoms with Crippen LogP contribution in [-0.4, -0.2) is 15.9 Å². The number of amides is 1.